The standard InChI is InChI=1S/C22H38O5/c1-4-5-13-22(2,3)20(23)11-8-17-16(18-9-10-19(17)27-18)7-6-14-26-15-12-21(24)25/h8,11,16-20,23H,4-7,9-10,12-15H2,1-3H3,(H,24,25)/b11-8+/t16-,17+,18-,19+,20?/m1/s1. The maximum atomic E-state index is 10.6. The fourth-order valence-corrected chi connectivity index (χ4v) is 4.41. The molecule has 0 amide bonds. The zero-order chi connectivity index (χ0) is 19.9. The molecule has 2 heterocycles. The Hall–Kier alpha value is -0.910. The summed E-state index contributed by atoms with van der Waals surface area (Å²) in [6, 6.07) is 0. The lowest BCUT2D eigenvalue weighted by atomic mass is 9.75. The Morgan fingerprint density at radius 3 is 2.70 bits per heavy atom. The molecule has 156 valence electrons. The van der Waals surface area contributed by atoms with Gasteiger partial charge in [0.15, 0.2) is 0 Å². The second-order valence-electron chi connectivity index (χ2n) is 8.85. The number of fused-ring (bicyclic) bond motifs is 2. The van der Waals surface area contributed by atoms with Crippen molar-refractivity contribution in [3.8, 4) is 0 Å². The summed E-state index contributed by atoms with van der Waals surface area (Å²) in [6.07, 6.45) is 12.0. The first kappa shape index (κ1) is 22.4. The lowest BCUT2D eigenvalue weighted by molar-refractivity contribution is -0.138. The van der Waals surface area contributed by atoms with E-state index in [4.69, 9.17) is 14.6 Å². The van der Waals surface area contributed by atoms with Crippen LogP contribution in [0, 0.1) is 17.3 Å². The van der Waals surface area contributed by atoms with Gasteiger partial charge in [0, 0.05) is 12.5 Å². The fourth-order valence-electron chi connectivity index (χ4n) is 4.41. The van der Waals surface area contributed by atoms with Crippen molar-refractivity contribution in [3.05, 3.63) is 12.2 Å². The van der Waals surface area contributed by atoms with E-state index in [2.05, 4.69) is 26.8 Å². The van der Waals surface area contributed by atoms with Crippen molar-refractivity contribution in [2.24, 2.45) is 17.3 Å². The van der Waals surface area contributed by atoms with Crippen LogP contribution in [0.4, 0.5) is 0 Å². The molecule has 0 radical (unpaired) electrons. The predicted octanol–water partition coefficient (Wildman–Crippen LogP) is 4.19. The van der Waals surface area contributed by atoms with Crippen LogP contribution in [0.1, 0.15) is 72.1 Å². The number of carbonyl (C=O) groups is 1. The largest absolute Gasteiger partial charge is 0.481 e. The molecule has 2 rings (SSSR count). The first-order valence-corrected chi connectivity index (χ1v) is 10.7. The highest BCUT2D eigenvalue weighted by Crippen LogP contribution is 2.46. The van der Waals surface area contributed by atoms with E-state index >= 15 is 0 Å². The van der Waals surface area contributed by atoms with E-state index < -0.39 is 12.1 Å². The molecule has 2 aliphatic rings. The van der Waals surface area contributed by atoms with Crippen LogP contribution in [-0.2, 0) is 14.3 Å². The molecule has 2 saturated heterocycles. The van der Waals surface area contributed by atoms with E-state index in [9.17, 15) is 9.90 Å². The molecule has 2 fully saturated rings. The molecule has 0 aromatic heterocycles. The molecule has 2 bridgehead atoms. The Bertz CT molecular complexity index is 487. The Balaban J connectivity index is 1.82. The minimum Gasteiger partial charge on any atom is -0.481 e. The van der Waals surface area contributed by atoms with Gasteiger partial charge in [-0.2, -0.15) is 0 Å². The molecule has 5 nitrogen and oxygen atoms in total. The summed E-state index contributed by atoms with van der Waals surface area (Å²) in [5, 5.41) is 19.3. The number of carboxylic acid groups (broad SMARTS) is 1. The van der Waals surface area contributed by atoms with E-state index in [1.54, 1.807) is 0 Å². The van der Waals surface area contributed by atoms with Gasteiger partial charge in [0.1, 0.15) is 0 Å². The van der Waals surface area contributed by atoms with Gasteiger partial charge in [0.25, 0.3) is 0 Å². The van der Waals surface area contributed by atoms with Gasteiger partial charge in [-0.25, -0.2) is 0 Å². The van der Waals surface area contributed by atoms with Crippen LogP contribution in [0.3, 0.4) is 0 Å². The fraction of sp³-hybridized carbons (Fsp3) is 0.864. The van der Waals surface area contributed by atoms with E-state index in [-0.39, 0.29) is 24.5 Å². The Labute approximate surface area is 164 Å². The lowest BCUT2D eigenvalue weighted by Gasteiger charge is -2.30. The number of rotatable bonds is 13. The highest BCUT2D eigenvalue weighted by atomic mass is 16.5. The van der Waals surface area contributed by atoms with Crippen molar-refractivity contribution in [1.29, 1.82) is 0 Å². The summed E-state index contributed by atoms with van der Waals surface area (Å²) in [7, 11) is 0. The smallest absolute Gasteiger partial charge is 0.305 e. The Morgan fingerprint density at radius 1 is 1.26 bits per heavy atom. The second kappa shape index (κ2) is 10.6. The van der Waals surface area contributed by atoms with Crippen molar-refractivity contribution < 1.29 is 24.5 Å². The first-order valence-electron chi connectivity index (χ1n) is 10.7. The van der Waals surface area contributed by atoms with Crippen LogP contribution < -0.4 is 0 Å². The molecule has 1 unspecified atom stereocenters. The van der Waals surface area contributed by atoms with Crippen molar-refractivity contribution in [1.82, 2.24) is 0 Å². The van der Waals surface area contributed by atoms with E-state index in [1.165, 1.54) is 0 Å². The molecule has 5 atom stereocenters. The Kier molecular flexibility index (Phi) is 8.77. The molecule has 0 aromatic carbocycles. The van der Waals surface area contributed by atoms with Crippen molar-refractivity contribution in [2.75, 3.05) is 13.2 Å². The van der Waals surface area contributed by atoms with Crippen LogP contribution in [0.5, 0.6) is 0 Å². The van der Waals surface area contributed by atoms with Crippen LogP contribution in [0.2, 0.25) is 0 Å². The highest BCUT2D eigenvalue weighted by molar-refractivity contribution is 5.66. The molecule has 5 heteroatoms. The van der Waals surface area contributed by atoms with Gasteiger partial charge in [-0.1, -0.05) is 45.8 Å². The summed E-state index contributed by atoms with van der Waals surface area (Å²) in [4.78, 5) is 10.5. The van der Waals surface area contributed by atoms with Gasteiger partial charge < -0.3 is 19.7 Å². The van der Waals surface area contributed by atoms with Gasteiger partial charge in [-0.05, 0) is 43.4 Å². The summed E-state index contributed by atoms with van der Waals surface area (Å²) in [5.41, 5.74) is -0.0987. The first-order chi connectivity index (χ1) is 12.8. The third-order valence-electron chi connectivity index (χ3n) is 6.26. The molecule has 0 saturated carbocycles. The number of hydrogen-bond acceptors (Lipinski definition) is 4. The zero-order valence-corrected chi connectivity index (χ0v) is 17.2. The lowest BCUT2D eigenvalue weighted by Crippen LogP contribution is -2.29. The monoisotopic (exact) mass is 382 g/mol. The number of aliphatic hydroxyl groups is 1. The van der Waals surface area contributed by atoms with Crippen LogP contribution in [0.25, 0.3) is 0 Å². The summed E-state index contributed by atoms with van der Waals surface area (Å²) in [5.74, 6) is 0.0375. The second-order valence-corrected chi connectivity index (χ2v) is 8.85. The summed E-state index contributed by atoms with van der Waals surface area (Å²) >= 11 is 0. The zero-order valence-electron chi connectivity index (χ0n) is 17.2. The minimum absolute atomic E-state index is 0.0638. The van der Waals surface area contributed by atoms with E-state index in [0.717, 1.165) is 44.9 Å². The average Bonchev–Trinajstić information content (AvgIpc) is 3.22. The number of aliphatic carboxylic acids is 1. The maximum absolute atomic E-state index is 10.6. The summed E-state index contributed by atoms with van der Waals surface area (Å²) in [6.45, 7) is 7.35. The van der Waals surface area contributed by atoms with Gasteiger partial charge in [-0.15, -0.1) is 0 Å². The third kappa shape index (κ3) is 6.58. The number of hydrogen-bond donors (Lipinski definition) is 2. The molecule has 2 aliphatic heterocycles. The number of ether oxygens (including phenoxy) is 2. The van der Waals surface area contributed by atoms with Gasteiger partial charge in [0.2, 0.25) is 0 Å². The Morgan fingerprint density at radius 2 is 2.00 bits per heavy atom. The van der Waals surface area contributed by atoms with Gasteiger partial charge in [-0.3, -0.25) is 4.79 Å². The van der Waals surface area contributed by atoms with Crippen molar-refractivity contribution >= 4 is 5.97 Å². The van der Waals surface area contributed by atoms with Gasteiger partial charge in [0.05, 0.1) is 31.3 Å². The van der Waals surface area contributed by atoms with E-state index in [1.807, 2.05) is 6.08 Å². The van der Waals surface area contributed by atoms with Crippen molar-refractivity contribution in [2.45, 2.75) is 90.4 Å². The van der Waals surface area contributed by atoms with Crippen LogP contribution >= 0.6 is 0 Å². The molecule has 0 aromatic rings. The predicted molar refractivity (Wildman–Crippen MR) is 106 cm³/mol. The number of aliphatic hydroxyl groups excluding tert-OH is 1. The summed E-state index contributed by atoms with van der Waals surface area (Å²) < 4.78 is 11.6. The van der Waals surface area contributed by atoms with Gasteiger partial charge >= 0.3 is 5.97 Å². The molecular weight excluding hydrogens is 344 g/mol. The molecular formula is C22H38O5. The number of unbranched alkanes of at least 4 members (excludes halogenated alkanes) is 1. The molecule has 27 heavy (non-hydrogen) atoms. The van der Waals surface area contributed by atoms with Crippen LogP contribution in [-0.4, -0.2) is 47.7 Å². The minimum atomic E-state index is -0.817. The SMILES string of the molecule is CCCCC(C)(C)C(O)/C=C/[C@H]1[C@@H](CCCOCCC(=O)O)[C@H]2CC[C@@H]1O2. The molecule has 0 aliphatic carbocycles. The molecule has 2 N–H and O–H groups in total. The average molecular weight is 383 g/mol. The quantitative estimate of drug-likeness (QED) is 0.369. The normalized spacial score (nSPS) is 28.9. The van der Waals surface area contributed by atoms with Crippen molar-refractivity contribution in [3.63, 3.8) is 0 Å². The molecule has 0 spiro atoms. The number of carboxylic acids is 1. The van der Waals surface area contributed by atoms with Crippen LogP contribution in [0.15, 0.2) is 12.2 Å². The topological polar surface area (TPSA) is 76.0 Å². The maximum Gasteiger partial charge on any atom is 0.305 e. The highest BCUT2D eigenvalue weighted by Gasteiger charge is 2.47. The third-order valence-corrected chi connectivity index (χ3v) is 6.26. The van der Waals surface area contributed by atoms with E-state index in [0.29, 0.717) is 24.5 Å².